The van der Waals surface area contributed by atoms with E-state index in [2.05, 4.69) is 6.07 Å². The molecule has 0 aromatic heterocycles. The van der Waals surface area contributed by atoms with Gasteiger partial charge in [-0.15, -0.1) is 0 Å². The lowest BCUT2D eigenvalue weighted by molar-refractivity contribution is 0.300. The topological polar surface area (TPSA) is 42.2 Å². The summed E-state index contributed by atoms with van der Waals surface area (Å²) in [5.74, 6) is 0.849. The second-order valence-electron chi connectivity index (χ2n) is 5.97. The average molecular weight is 394 g/mol. The summed E-state index contributed by atoms with van der Waals surface area (Å²) >= 11 is 6.30. The van der Waals surface area contributed by atoms with Gasteiger partial charge in [-0.3, -0.25) is 0 Å². The Labute approximate surface area is 168 Å². The van der Waals surface area contributed by atoms with Gasteiger partial charge in [0.25, 0.3) is 0 Å². The number of benzene rings is 3. The second-order valence-corrected chi connectivity index (χ2v) is 6.38. The van der Waals surface area contributed by atoms with Crippen LogP contribution < -0.4 is 9.47 Å². The molecule has 0 aliphatic heterocycles. The van der Waals surface area contributed by atoms with Gasteiger partial charge in [-0.25, -0.2) is 4.39 Å². The third-order valence-electron chi connectivity index (χ3n) is 4.13. The lowest BCUT2D eigenvalue weighted by atomic mass is 10.0. The van der Waals surface area contributed by atoms with E-state index in [1.807, 2.05) is 12.1 Å². The maximum Gasteiger partial charge on any atom is 0.138 e. The van der Waals surface area contributed by atoms with E-state index in [-0.39, 0.29) is 12.4 Å². The summed E-state index contributed by atoms with van der Waals surface area (Å²) in [6.45, 7) is 0.0802. The van der Waals surface area contributed by atoms with Crippen molar-refractivity contribution in [1.82, 2.24) is 0 Å². The number of ether oxygens (including phenoxy) is 2. The monoisotopic (exact) mass is 393 g/mol. The Balaban J connectivity index is 1.77. The van der Waals surface area contributed by atoms with Gasteiger partial charge in [0.2, 0.25) is 0 Å². The summed E-state index contributed by atoms with van der Waals surface area (Å²) in [6, 6.07) is 21.1. The largest absolute Gasteiger partial charge is 0.497 e. The van der Waals surface area contributed by atoms with Gasteiger partial charge in [-0.1, -0.05) is 35.9 Å². The first-order valence-electron chi connectivity index (χ1n) is 8.52. The molecule has 0 aliphatic carbocycles. The van der Waals surface area contributed by atoms with Crippen LogP contribution in [0.1, 0.15) is 16.7 Å². The van der Waals surface area contributed by atoms with Crippen LogP contribution in [0.5, 0.6) is 11.5 Å². The van der Waals surface area contributed by atoms with Crippen molar-refractivity contribution >= 4 is 23.3 Å². The van der Waals surface area contributed by atoms with Crippen LogP contribution in [0.4, 0.5) is 4.39 Å². The molecule has 3 aromatic rings. The maximum absolute atomic E-state index is 13.7. The SMILES string of the molecule is COc1ccc(/C(C#N)=C/c2ccc(OCc3ccccc3F)c(Cl)c2)cc1. The molecule has 0 unspecified atom stereocenters. The number of halogens is 2. The van der Waals surface area contributed by atoms with Crippen molar-refractivity contribution < 1.29 is 13.9 Å². The average Bonchev–Trinajstić information content (AvgIpc) is 2.72. The van der Waals surface area contributed by atoms with E-state index in [0.29, 0.717) is 21.9 Å². The highest BCUT2D eigenvalue weighted by Crippen LogP contribution is 2.29. The standard InChI is InChI=1S/C23H17ClFNO2/c1-27-20-9-7-17(8-10-20)19(14-26)12-16-6-11-23(21(24)13-16)28-15-18-4-2-3-5-22(18)25/h2-13H,15H2,1H3/b19-12+. The van der Waals surface area contributed by atoms with Gasteiger partial charge in [0.15, 0.2) is 0 Å². The first-order valence-corrected chi connectivity index (χ1v) is 8.90. The minimum atomic E-state index is -0.323. The van der Waals surface area contributed by atoms with Gasteiger partial charge >= 0.3 is 0 Å². The minimum Gasteiger partial charge on any atom is -0.497 e. The summed E-state index contributed by atoms with van der Waals surface area (Å²) in [4.78, 5) is 0. The van der Waals surface area contributed by atoms with Crippen molar-refractivity contribution in [2.75, 3.05) is 7.11 Å². The molecule has 0 aliphatic rings. The van der Waals surface area contributed by atoms with Crippen LogP contribution in [-0.4, -0.2) is 7.11 Å². The number of hydrogen-bond donors (Lipinski definition) is 0. The summed E-state index contributed by atoms with van der Waals surface area (Å²) in [7, 11) is 1.59. The van der Waals surface area contributed by atoms with Gasteiger partial charge in [-0.05, 0) is 59.7 Å². The van der Waals surface area contributed by atoms with Crippen LogP contribution in [0.25, 0.3) is 11.6 Å². The Morgan fingerprint density at radius 1 is 1.11 bits per heavy atom. The van der Waals surface area contributed by atoms with Crippen molar-refractivity contribution in [3.05, 3.63) is 94.3 Å². The molecule has 0 spiro atoms. The van der Waals surface area contributed by atoms with Crippen LogP contribution in [0, 0.1) is 17.1 Å². The molecule has 0 atom stereocenters. The molecule has 0 radical (unpaired) electrons. The van der Waals surface area contributed by atoms with E-state index in [1.54, 1.807) is 61.7 Å². The Morgan fingerprint density at radius 3 is 2.50 bits per heavy atom. The van der Waals surface area contributed by atoms with E-state index in [9.17, 15) is 9.65 Å². The lowest BCUT2D eigenvalue weighted by Gasteiger charge is -2.09. The molecule has 0 fully saturated rings. The number of allylic oxidation sites excluding steroid dienone is 1. The Morgan fingerprint density at radius 2 is 1.86 bits per heavy atom. The molecule has 3 aromatic carbocycles. The van der Waals surface area contributed by atoms with Crippen LogP contribution in [0.2, 0.25) is 5.02 Å². The normalized spacial score (nSPS) is 11.0. The number of methoxy groups -OCH3 is 1. The van der Waals surface area contributed by atoms with Gasteiger partial charge < -0.3 is 9.47 Å². The first kappa shape index (κ1) is 19.5. The van der Waals surface area contributed by atoms with Crippen molar-refractivity contribution in [3.63, 3.8) is 0 Å². The van der Waals surface area contributed by atoms with Crippen LogP contribution in [0.3, 0.4) is 0 Å². The first-order chi connectivity index (χ1) is 13.6. The molecular formula is C23H17ClFNO2. The zero-order valence-corrected chi connectivity index (χ0v) is 15.9. The van der Waals surface area contributed by atoms with Crippen molar-refractivity contribution in [2.45, 2.75) is 6.61 Å². The predicted octanol–water partition coefficient (Wildman–Crippen LogP) is 6.13. The maximum atomic E-state index is 13.7. The van der Waals surface area contributed by atoms with Gasteiger partial charge in [-0.2, -0.15) is 5.26 Å². The molecular weight excluding hydrogens is 377 g/mol. The molecule has 0 saturated carbocycles. The smallest absolute Gasteiger partial charge is 0.138 e. The molecule has 0 heterocycles. The zero-order valence-electron chi connectivity index (χ0n) is 15.2. The number of hydrogen-bond acceptors (Lipinski definition) is 3. The fraction of sp³-hybridized carbons (Fsp3) is 0.0870. The second kappa shape index (κ2) is 9.07. The zero-order chi connectivity index (χ0) is 19.9. The van der Waals surface area contributed by atoms with Crippen molar-refractivity contribution in [2.24, 2.45) is 0 Å². The molecule has 0 amide bonds. The number of rotatable bonds is 6. The molecule has 28 heavy (non-hydrogen) atoms. The third-order valence-corrected chi connectivity index (χ3v) is 4.42. The van der Waals surface area contributed by atoms with Crippen LogP contribution in [0.15, 0.2) is 66.7 Å². The molecule has 0 saturated heterocycles. The van der Waals surface area contributed by atoms with Gasteiger partial charge in [0, 0.05) is 5.56 Å². The molecule has 5 heteroatoms. The van der Waals surface area contributed by atoms with Gasteiger partial charge in [0.1, 0.15) is 23.9 Å². The van der Waals surface area contributed by atoms with Crippen LogP contribution >= 0.6 is 11.6 Å². The van der Waals surface area contributed by atoms with E-state index >= 15 is 0 Å². The fourth-order valence-electron chi connectivity index (χ4n) is 2.61. The highest BCUT2D eigenvalue weighted by molar-refractivity contribution is 6.32. The molecule has 3 rings (SSSR count). The molecule has 3 nitrogen and oxygen atoms in total. The van der Waals surface area contributed by atoms with Crippen molar-refractivity contribution in [1.29, 1.82) is 5.26 Å². The Bertz CT molecular complexity index is 1040. The Hall–Kier alpha value is -3.29. The third kappa shape index (κ3) is 4.70. The van der Waals surface area contributed by atoms with Gasteiger partial charge in [0.05, 0.1) is 23.8 Å². The fourth-order valence-corrected chi connectivity index (χ4v) is 2.86. The molecule has 0 N–H and O–H groups in total. The van der Waals surface area contributed by atoms with E-state index < -0.39 is 0 Å². The van der Waals surface area contributed by atoms with Crippen LogP contribution in [-0.2, 0) is 6.61 Å². The predicted molar refractivity (Wildman–Crippen MR) is 109 cm³/mol. The lowest BCUT2D eigenvalue weighted by Crippen LogP contribution is -1.98. The molecule has 0 bridgehead atoms. The highest BCUT2D eigenvalue weighted by Gasteiger charge is 2.07. The summed E-state index contributed by atoms with van der Waals surface area (Å²) in [5, 5.41) is 9.87. The molecule has 140 valence electrons. The summed E-state index contributed by atoms with van der Waals surface area (Å²) < 4.78 is 24.5. The van der Waals surface area contributed by atoms with Crippen molar-refractivity contribution in [3.8, 4) is 17.6 Å². The Kier molecular flexibility index (Phi) is 6.31. The number of nitriles is 1. The number of nitrogens with zero attached hydrogens (tertiary/aromatic N) is 1. The minimum absolute atomic E-state index is 0.0802. The van der Waals surface area contributed by atoms with E-state index in [4.69, 9.17) is 21.1 Å². The summed E-state index contributed by atoms with van der Waals surface area (Å²) in [6.07, 6.45) is 1.74. The van der Waals surface area contributed by atoms with E-state index in [1.165, 1.54) is 6.07 Å². The highest BCUT2D eigenvalue weighted by atomic mass is 35.5. The quantitative estimate of drug-likeness (QED) is 0.373. The van der Waals surface area contributed by atoms with E-state index in [0.717, 1.165) is 16.9 Å². The summed E-state index contributed by atoms with van der Waals surface area (Å²) in [5.41, 5.74) is 2.49.